The number of fused-ring (bicyclic) bond motifs is 1. The van der Waals surface area contributed by atoms with Crippen molar-refractivity contribution in [2.75, 3.05) is 32.0 Å². The Morgan fingerprint density at radius 2 is 1.81 bits per heavy atom. The molecule has 1 fully saturated rings. The van der Waals surface area contributed by atoms with Crippen LogP contribution in [0.4, 0.5) is 5.95 Å². The van der Waals surface area contributed by atoms with Crippen LogP contribution in [-0.4, -0.2) is 90.0 Å². The average molecular weight is 629 g/mol. The van der Waals surface area contributed by atoms with Crippen LogP contribution in [0.3, 0.4) is 0 Å². The second-order valence-corrected chi connectivity index (χ2v) is 11.1. The molecule has 0 amide bonds. The molecule has 4 rings (SSSR count). The van der Waals surface area contributed by atoms with Crippen LogP contribution in [0.15, 0.2) is 30.6 Å². The van der Waals surface area contributed by atoms with Gasteiger partial charge in [-0.05, 0) is 37.3 Å². The van der Waals surface area contributed by atoms with E-state index in [1.54, 1.807) is 12.1 Å². The molecule has 1 aromatic carbocycles. The molecule has 3 aromatic rings. The van der Waals surface area contributed by atoms with Crippen LogP contribution >= 0.6 is 20.0 Å². The predicted molar refractivity (Wildman–Crippen MR) is 155 cm³/mol. The lowest BCUT2D eigenvalue weighted by Crippen LogP contribution is -2.33. The molecule has 2 aromatic heterocycles. The minimum absolute atomic E-state index is 0.0246. The summed E-state index contributed by atoms with van der Waals surface area (Å²) in [6, 6.07) is 6.10. The fourth-order valence-corrected chi connectivity index (χ4v) is 5.06. The molecule has 0 radical (unpaired) electrons. The number of benzene rings is 1. The van der Waals surface area contributed by atoms with E-state index in [9.17, 15) is 24.5 Å². The second-order valence-electron chi connectivity index (χ2n) is 9.22. The summed E-state index contributed by atoms with van der Waals surface area (Å²) in [6.45, 7) is 10.6. The summed E-state index contributed by atoms with van der Waals surface area (Å²) in [5, 5.41) is 20.9. The van der Waals surface area contributed by atoms with Crippen LogP contribution in [-0.2, 0) is 29.8 Å². The highest BCUT2D eigenvalue weighted by Crippen LogP contribution is 2.45. The number of nitrogens with two attached hydrogens (primary N) is 1. The van der Waals surface area contributed by atoms with E-state index in [4.69, 9.17) is 36.5 Å². The number of esters is 1. The number of carbonyl (C=O) groups excluding carboxylic acids is 1. The minimum Gasteiger partial charge on any atom is -0.427 e. The van der Waals surface area contributed by atoms with Crippen molar-refractivity contribution >= 4 is 43.1 Å². The third-order valence-corrected chi connectivity index (χ3v) is 7.61. The van der Waals surface area contributed by atoms with E-state index in [0.29, 0.717) is 22.5 Å². The maximum Gasteiger partial charge on any atom is 0.472 e. The number of phosphoric acid groups is 1. The molecule has 1 aliphatic rings. The van der Waals surface area contributed by atoms with Crippen LogP contribution in [0.1, 0.15) is 39.5 Å². The van der Waals surface area contributed by atoms with Gasteiger partial charge in [0, 0.05) is 6.92 Å². The third-order valence-electron chi connectivity index (χ3n) is 6.40. The highest BCUT2D eigenvalue weighted by molar-refractivity contribution is 7.71. The molecule has 17 heteroatoms. The molecule has 0 spiro atoms. The van der Waals surface area contributed by atoms with E-state index >= 15 is 0 Å². The van der Waals surface area contributed by atoms with Crippen molar-refractivity contribution in [3.63, 3.8) is 0 Å². The van der Waals surface area contributed by atoms with Crippen LogP contribution in [0.2, 0.25) is 0 Å². The van der Waals surface area contributed by atoms with Gasteiger partial charge < -0.3 is 40.2 Å². The topological polar surface area (TPSA) is 208 Å². The van der Waals surface area contributed by atoms with E-state index in [-0.39, 0.29) is 17.2 Å². The standard InChI is InChI=1S/C19H22N5O9PS.C6H15N/c1-9(25)32-11-4-2-10(3-5-11)6-30-34(28,29)31-7-12-14(26)15(27)18(33-12)24-8-21-13-16(24)22-19(20)23-17(13)35;1-4-7(5-2)6-3/h2-5,8,12,14-15,18,26-27H,6-7H2,1H3,(H,28,29)(H3,20,22,23,35);4-6H2,1-3H3/t12-,14-,15-,18-;/m1./s1. The van der Waals surface area contributed by atoms with E-state index < -0.39 is 44.9 Å². The first-order valence-electron chi connectivity index (χ1n) is 13.2. The number of H-pyrrole nitrogens is 1. The molecule has 0 bridgehead atoms. The van der Waals surface area contributed by atoms with Crippen LogP contribution in [0.5, 0.6) is 5.75 Å². The lowest BCUT2D eigenvalue weighted by molar-refractivity contribution is -0.131. The molecular weight excluding hydrogens is 591 g/mol. The molecule has 0 aliphatic carbocycles. The van der Waals surface area contributed by atoms with E-state index in [2.05, 4.69) is 40.6 Å². The molecular formula is C25H37N6O9PS. The van der Waals surface area contributed by atoms with Gasteiger partial charge >= 0.3 is 13.8 Å². The number of carbonyl (C=O) groups is 1. The van der Waals surface area contributed by atoms with E-state index in [1.807, 2.05) is 0 Å². The van der Waals surface area contributed by atoms with Gasteiger partial charge in [-0.1, -0.05) is 45.1 Å². The number of aliphatic hydroxyl groups is 2. The Hall–Kier alpha value is -2.79. The molecule has 1 saturated heterocycles. The van der Waals surface area contributed by atoms with Gasteiger partial charge in [-0.3, -0.25) is 18.4 Å². The first-order chi connectivity index (χ1) is 19.9. The summed E-state index contributed by atoms with van der Waals surface area (Å²) in [6.07, 6.45) is -3.83. The number of aromatic nitrogens is 4. The Morgan fingerprint density at radius 1 is 1.17 bits per heavy atom. The summed E-state index contributed by atoms with van der Waals surface area (Å²) in [5.74, 6) is -0.135. The van der Waals surface area contributed by atoms with E-state index in [0.717, 1.165) is 0 Å². The van der Waals surface area contributed by atoms with Gasteiger partial charge in [0.15, 0.2) is 16.8 Å². The van der Waals surface area contributed by atoms with E-state index in [1.165, 1.54) is 49.6 Å². The number of nitrogen functional groups attached to an aromatic ring is 1. The maximum absolute atomic E-state index is 12.3. The number of aromatic amines is 1. The lowest BCUT2D eigenvalue weighted by Gasteiger charge is -2.18. The summed E-state index contributed by atoms with van der Waals surface area (Å²) < 4.78 is 34.3. The maximum atomic E-state index is 12.3. The number of phosphoric ester groups is 1. The number of hydrogen-bond acceptors (Lipinski definition) is 13. The number of hydrogen-bond donors (Lipinski definition) is 5. The number of ether oxygens (including phenoxy) is 2. The first-order valence-corrected chi connectivity index (χ1v) is 15.1. The Labute approximate surface area is 247 Å². The Kier molecular flexibility index (Phi) is 12.1. The van der Waals surface area contributed by atoms with Crippen LogP contribution in [0.25, 0.3) is 11.2 Å². The van der Waals surface area contributed by atoms with Crippen molar-refractivity contribution in [1.82, 2.24) is 24.4 Å². The van der Waals surface area contributed by atoms with Gasteiger partial charge in [0.25, 0.3) is 0 Å². The molecule has 232 valence electrons. The fraction of sp³-hybridized carbons (Fsp3) is 0.520. The molecule has 5 atom stereocenters. The van der Waals surface area contributed by atoms with Crippen molar-refractivity contribution in [2.45, 2.75) is 58.8 Å². The number of rotatable bonds is 11. The van der Waals surface area contributed by atoms with Gasteiger partial charge in [-0.15, -0.1) is 0 Å². The fourth-order valence-electron chi connectivity index (χ4n) is 4.09. The quantitative estimate of drug-likeness (QED) is 0.0894. The Balaban J connectivity index is 0.000000616. The number of aliphatic hydroxyl groups excluding tert-OH is 2. The smallest absolute Gasteiger partial charge is 0.427 e. The highest BCUT2D eigenvalue weighted by atomic mass is 32.1. The van der Waals surface area contributed by atoms with Gasteiger partial charge in [0.05, 0.1) is 19.5 Å². The average Bonchev–Trinajstić information content (AvgIpc) is 3.49. The minimum atomic E-state index is -4.55. The van der Waals surface area contributed by atoms with Crippen molar-refractivity contribution in [3.05, 3.63) is 40.8 Å². The summed E-state index contributed by atoms with van der Waals surface area (Å²) >= 11 is 5.12. The monoisotopic (exact) mass is 628 g/mol. The van der Waals surface area contributed by atoms with Gasteiger partial charge in [-0.2, -0.15) is 0 Å². The summed E-state index contributed by atoms with van der Waals surface area (Å²) in [5.41, 5.74) is 6.84. The zero-order valence-electron chi connectivity index (χ0n) is 23.7. The van der Waals surface area contributed by atoms with Crippen molar-refractivity contribution in [3.8, 4) is 5.75 Å². The highest BCUT2D eigenvalue weighted by Gasteiger charge is 2.45. The zero-order valence-corrected chi connectivity index (χ0v) is 25.5. The molecule has 1 aliphatic heterocycles. The predicted octanol–water partition coefficient (Wildman–Crippen LogP) is 2.30. The molecule has 1 unspecified atom stereocenters. The SMILES string of the molecule is CC(=O)Oc1ccc(COP(=O)(O)OC[C@H]2O[C@@H](n3cnc4c(=S)nc(N)[nH]c43)[C@H](O)[C@@H]2O)cc1.CCN(CC)CC. The third kappa shape index (κ3) is 8.86. The van der Waals surface area contributed by atoms with Crippen LogP contribution in [0, 0.1) is 4.64 Å². The number of nitrogens with one attached hydrogen (secondary N) is 1. The molecule has 0 saturated carbocycles. The number of nitrogens with zero attached hydrogens (tertiary/aromatic N) is 4. The van der Waals surface area contributed by atoms with Gasteiger partial charge in [-0.25, -0.2) is 14.5 Å². The number of anilines is 1. The molecule has 3 heterocycles. The largest absolute Gasteiger partial charge is 0.472 e. The Bertz CT molecular complexity index is 1430. The Morgan fingerprint density at radius 3 is 2.38 bits per heavy atom. The summed E-state index contributed by atoms with van der Waals surface area (Å²) in [7, 11) is -4.55. The van der Waals surface area contributed by atoms with Gasteiger partial charge in [0.1, 0.15) is 35.2 Å². The normalized spacial score (nSPS) is 21.6. The van der Waals surface area contributed by atoms with Crippen molar-refractivity contribution in [1.29, 1.82) is 0 Å². The second kappa shape index (κ2) is 15.1. The number of imidazole rings is 1. The van der Waals surface area contributed by atoms with Gasteiger partial charge in [0.2, 0.25) is 0 Å². The molecule has 6 N–H and O–H groups in total. The first kappa shape index (κ1) is 33.7. The molecule has 15 nitrogen and oxygen atoms in total. The lowest BCUT2D eigenvalue weighted by atomic mass is 10.1. The van der Waals surface area contributed by atoms with Crippen molar-refractivity contribution in [2.24, 2.45) is 0 Å². The summed E-state index contributed by atoms with van der Waals surface area (Å²) in [4.78, 5) is 34.1. The van der Waals surface area contributed by atoms with Crippen LogP contribution < -0.4 is 10.5 Å². The molecule has 42 heavy (non-hydrogen) atoms. The zero-order chi connectivity index (χ0) is 31.0. The van der Waals surface area contributed by atoms with Crippen molar-refractivity contribution < 1.29 is 43.0 Å².